The average Bonchev–Trinajstić information content (AvgIpc) is 3.10. The Balaban J connectivity index is 2.17. The Morgan fingerprint density at radius 2 is 1.93 bits per heavy atom. The van der Waals surface area contributed by atoms with Gasteiger partial charge in [-0.15, -0.1) is 0 Å². The highest BCUT2D eigenvalue weighted by atomic mass is 16.4. The molecule has 0 saturated carbocycles. The summed E-state index contributed by atoms with van der Waals surface area (Å²) in [6.07, 6.45) is 1.88. The minimum absolute atomic E-state index is 0.254. The van der Waals surface area contributed by atoms with E-state index in [-0.39, 0.29) is 17.7 Å². The van der Waals surface area contributed by atoms with Crippen molar-refractivity contribution in [1.82, 2.24) is 10.2 Å². The first-order chi connectivity index (χ1) is 12.8. The molecule has 1 fully saturated rings. The van der Waals surface area contributed by atoms with Gasteiger partial charge in [0.2, 0.25) is 11.8 Å². The Morgan fingerprint density at radius 1 is 1.26 bits per heavy atom. The number of nitrogens with two attached hydrogens (primary N) is 1. The monoisotopic (exact) mass is 375 g/mol. The van der Waals surface area contributed by atoms with Gasteiger partial charge in [-0.2, -0.15) is 0 Å². The summed E-state index contributed by atoms with van der Waals surface area (Å²) in [5.41, 5.74) is 6.85. The van der Waals surface area contributed by atoms with Crippen LogP contribution in [-0.4, -0.2) is 52.5 Å². The molecule has 1 heterocycles. The minimum Gasteiger partial charge on any atom is -0.480 e. The molecule has 0 spiro atoms. The summed E-state index contributed by atoms with van der Waals surface area (Å²) in [4.78, 5) is 38.4. The molecule has 7 nitrogen and oxygen atoms in total. The van der Waals surface area contributed by atoms with Crippen LogP contribution in [0, 0.1) is 5.92 Å². The van der Waals surface area contributed by atoms with E-state index in [9.17, 15) is 19.5 Å². The SMILES string of the molecule is CC(C)C[C@H](N)C(=O)N[C@H](Cc1ccccc1)C(=O)N1CCC[C@H]1C(=O)O. The van der Waals surface area contributed by atoms with Gasteiger partial charge in [-0.3, -0.25) is 9.59 Å². The van der Waals surface area contributed by atoms with Crippen LogP contribution in [0.25, 0.3) is 0 Å². The number of carbonyl (C=O) groups is 3. The molecular weight excluding hydrogens is 346 g/mol. The van der Waals surface area contributed by atoms with E-state index >= 15 is 0 Å². The molecule has 2 amide bonds. The molecule has 0 radical (unpaired) electrons. The fourth-order valence-corrected chi connectivity index (χ4v) is 3.43. The van der Waals surface area contributed by atoms with Crippen molar-refractivity contribution >= 4 is 17.8 Å². The number of nitrogens with zero attached hydrogens (tertiary/aromatic N) is 1. The normalized spacial score (nSPS) is 19.0. The smallest absolute Gasteiger partial charge is 0.326 e. The van der Waals surface area contributed by atoms with E-state index in [0.717, 1.165) is 5.56 Å². The highest BCUT2D eigenvalue weighted by Crippen LogP contribution is 2.20. The molecular formula is C20H29N3O4. The molecule has 7 heteroatoms. The topological polar surface area (TPSA) is 113 Å². The largest absolute Gasteiger partial charge is 0.480 e. The maximum atomic E-state index is 13.1. The number of rotatable bonds is 8. The summed E-state index contributed by atoms with van der Waals surface area (Å²) in [5, 5.41) is 12.1. The summed E-state index contributed by atoms with van der Waals surface area (Å²) in [7, 11) is 0. The zero-order valence-corrected chi connectivity index (χ0v) is 15.9. The van der Waals surface area contributed by atoms with Crippen LogP contribution < -0.4 is 11.1 Å². The predicted molar refractivity (Wildman–Crippen MR) is 102 cm³/mol. The van der Waals surface area contributed by atoms with Crippen molar-refractivity contribution in [2.24, 2.45) is 11.7 Å². The van der Waals surface area contributed by atoms with Crippen LogP contribution >= 0.6 is 0 Å². The van der Waals surface area contributed by atoms with Gasteiger partial charge in [-0.1, -0.05) is 44.2 Å². The van der Waals surface area contributed by atoms with Crippen molar-refractivity contribution in [1.29, 1.82) is 0 Å². The molecule has 148 valence electrons. The Bertz CT molecular complexity index is 662. The van der Waals surface area contributed by atoms with E-state index < -0.39 is 24.1 Å². The molecule has 3 atom stereocenters. The third-order valence-electron chi connectivity index (χ3n) is 4.78. The van der Waals surface area contributed by atoms with Crippen molar-refractivity contribution < 1.29 is 19.5 Å². The molecule has 0 bridgehead atoms. The first-order valence-electron chi connectivity index (χ1n) is 9.42. The molecule has 1 aliphatic heterocycles. The van der Waals surface area contributed by atoms with Crippen LogP contribution in [0.4, 0.5) is 0 Å². The average molecular weight is 375 g/mol. The highest BCUT2D eigenvalue weighted by molar-refractivity contribution is 5.92. The number of hydrogen-bond donors (Lipinski definition) is 3. The molecule has 4 N–H and O–H groups in total. The third kappa shape index (κ3) is 5.79. The van der Waals surface area contributed by atoms with Gasteiger partial charge in [-0.25, -0.2) is 4.79 Å². The summed E-state index contributed by atoms with van der Waals surface area (Å²) in [6.45, 7) is 4.33. The molecule has 27 heavy (non-hydrogen) atoms. The van der Waals surface area contributed by atoms with Gasteiger partial charge in [0.1, 0.15) is 12.1 Å². The molecule has 0 aliphatic carbocycles. The maximum absolute atomic E-state index is 13.1. The standard InChI is InChI=1S/C20H29N3O4/c1-13(2)11-15(21)18(24)22-16(12-14-7-4-3-5-8-14)19(25)23-10-6-9-17(23)20(26)27/h3-5,7-8,13,15-17H,6,9-12,21H2,1-2H3,(H,22,24)(H,26,27)/t15-,16+,17-/m0/s1. The van der Waals surface area contributed by atoms with E-state index in [2.05, 4.69) is 5.32 Å². The number of carboxylic acid groups (broad SMARTS) is 1. The summed E-state index contributed by atoms with van der Waals surface area (Å²) < 4.78 is 0. The van der Waals surface area contributed by atoms with Gasteiger partial charge < -0.3 is 21.1 Å². The van der Waals surface area contributed by atoms with Crippen LogP contribution in [0.5, 0.6) is 0 Å². The van der Waals surface area contributed by atoms with Gasteiger partial charge >= 0.3 is 5.97 Å². The van der Waals surface area contributed by atoms with Crippen LogP contribution in [0.1, 0.15) is 38.7 Å². The van der Waals surface area contributed by atoms with Crippen molar-refractivity contribution in [2.45, 2.75) is 57.7 Å². The third-order valence-corrected chi connectivity index (χ3v) is 4.78. The minimum atomic E-state index is -1.01. The number of carboxylic acids is 1. The van der Waals surface area contributed by atoms with Gasteiger partial charge in [0.15, 0.2) is 0 Å². The van der Waals surface area contributed by atoms with E-state index in [1.807, 2.05) is 44.2 Å². The molecule has 2 rings (SSSR count). The van der Waals surface area contributed by atoms with Gasteiger partial charge in [0.25, 0.3) is 0 Å². The molecule has 0 aromatic heterocycles. The molecule has 1 saturated heterocycles. The van der Waals surface area contributed by atoms with Gasteiger partial charge in [-0.05, 0) is 30.7 Å². The second-order valence-electron chi connectivity index (χ2n) is 7.51. The van der Waals surface area contributed by atoms with Gasteiger partial charge in [0, 0.05) is 13.0 Å². The summed E-state index contributed by atoms with van der Waals surface area (Å²) in [6, 6.07) is 6.97. The zero-order valence-electron chi connectivity index (χ0n) is 15.9. The number of carbonyl (C=O) groups excluding carboxylic acids is 2. The number of likely N-dealkylation sites (tertiary alicyclic amines) is 1. The van der Waals surface area contributed by atoms with Crippen molar-refractivity contribution in [3.8, 4) is 0 Å². The van der Waals surface area contributed by atoms with Crippen molar-refractivity contribution in [3.05, 3.63) is 35.9 Å². The zero-order chi connectivity index (χ0) is 20.0. The maximum Gasteiger partial charge on any atom is 0.326 e. The lowest BCUT2D eigenvalue weighted by Crippen LogP contribution is -2.55. The first-order valence-corrected chi connectivity index (χ1v) is 9.42. The lowest BCUT2D eigenvalue weighted by atomic mass is 10.0. The van der Waals surface area contributed by atoms with Gasteiger partial charge in [0.05, 0.1) is 6.04 Å². The predicted octanol–water partition coefficient (Wildman–Crippen LogP) is 1.16. The Morgan fingerprint density at radius 3 is 2.52 bits per heavy atom. The summed E-state index contributed by atoms with van der Waals surface area (Å²) in [5.74, 6) is -1.51. The Kier molecular flexibility index (Phi) is 7.36. The molecule has 0 unspecified atom stereocenters. The van der Waals surface area contributed by atoms with E-state index in [1.54, 1.807) is 0 Å². The lowest BCUT2D eigenvalue weighted by Gasteiger charge is -2.28. The fourth-order valence-electron chi connectivity index (χ4n) is 3.43. The quantitative estimate of drug-likeness (QED) is 0.631. The van der Waals surface area contributed by atoms with E-state index in [0.29, 0.717) is 32.2 Å². The molecule has 1 aliphatic rings. The number of aliphatic carboxylic acids is 1. The van der Waals surface area contributed by atoms with Crippen LogP contribution in [0.2, 0.25) is 0 Å². The lowest BCUT2D eigenvalue weighted by molar-refractivity contribution is -0.149. The van der Waals surface area contributed by atoms with Crippen LogP contribution in [0.15, 0.2) is 30.3 Å². The fraction of sp³-hybridized carbons (Fsp3) is 0.550. The summed E-state index contributed by atoms with van der Waals surface area (Å²) >= 11 is 0. The van der Waals surface area contributed by atoms with Crippen LogP contribution in [-0.2, 0) is 20.8 Å². The van der Waals surface area contributed by atoms with Crippen molar-refractivity contribution in [3.63, 3.8) is 0 Å². The van der Waals surface area contributed by atoms with E-state index in [1.165, 1.54) is 4.90 Å². The van der Waals surface area contributed by atoms with Crippen LogP contribution in [0.3, 0.4) is 0 Å². The number of amides is 2. The number of hydrogen-bond acceptors (Lipinski definition) is 4. The first kappa shape index (κ1) is 20.9. The Hall–Kier alpha value is -2.41. The number of benzene rings is 1. The highest BCUT2D eigenvalue weighted by Gasteiger charge is 2.38. The second kappa shape index (κ2) is 9.50. The molecule has 1 aromatic rings. The van der Waals surface area contributed by atoms with E-state index in [4.69, 9.17) is 5.73 Å². The number of nitrogens with one attached hydrogen (secondary N) is 1. The second-order valence-corrected chi connectivity index (χ2v) is 7.51. The van der Waals surface area contributed by atoms with Crippen molar-refractivity contribution in [2.75, 3.05) is 6.54 Å². The molecule has 1 aromatic carbocycles. The Labute approximate surface area is 159 Å².